The number of rotatable bonds is 2. The number of nitrogens with one attached hydrogen (secondary N) is 1. The smallest absolute Gasteiger partial charge is 0.321 e. The van der Waals surface area contributed by atoms with Gasteiger partial charge in [-0.05, 0) is 37.1 Å². The number of piperazine rings is 1. The highest BCUT2D eigenvalue weighted by Crippen LogP contribution is 2.22. The molecule has 0 spiro atoms. The van der Waals surface area contributed by atoms with Crippen LogP contribution < -0.4 is 10.2 Å². The maximum Gasteiger partial charge on any atom is 0.321 e. The van der Waals surface area contributed by atoms with E-state index >= 15 is 0 Å². The molecule has 0 aliphatic carbocycles. The summed E-state index contributed by atoms with van der Waals surface area (Å²) in [4.78, 5) is 16.2. The van der Waals surface area contributed by atoms with Gasteiger partial charge in [0.25, 0.3) is 0 Å². The van der Waals surface area contributed by atoms with E-state index in [2.05, 4.69) is 5.32 Å². The predicted octanol–water partition coefficient (Wildman–Crippen LogP) is 3.94. The van der Waals surface area contributed by atoms with Crippen LogP contribution in [0.4, 0.5) is 25.0 Å². The van der Waals surface area contributed by atoms with Crippen molar-refractivity contribution < 1.29 is 13.6 Å². The maximum atomic E-state index is 13.4. The monoisotopic (exact) mass is 345 g/mol. The lowest BCUT2D eigenvalue weighted by atomic mass is 10.1. The molecule has 0 atom stereocenters. The summed E-state index contributed by atoms with van der Waals surface area (Å²) in [5.74, 6) is -1.71. The Hall–Kier alpha value is -2.63. The summed E-state index contributed by atoms with van der Waals surface area (Å²) < 4.78 is 26.4. The molecule has 0 saturated carbocycles. The zero-order valence-electron chi connectivity index (χ0n) is 14.4. The minimum Gasteiger partial charge on any atom is -0.368 e. The topological polar surface area (TPSA) is 35.6 Å². The lowest BCUT2D eigenvalue weighted by molar-refractivity contribution is 0.208. The molecule has 0 unspecified atom stereocenters. The Labute approximate surface area is 146 Å². The Morgan fingerprint density at radius 2 is 1.60 bits per heavy atom. The first-order valence-corrected chi connectivity index (χ1v) is 8.28. The molecule has 6 heteroatoms. The summed E-state index contributed by atoms with van der Waals surface area (Å²) in [6, 6.07) is 9.63. The number of benzene rings is 2. The van der Waals surface area contributed by atoms with Gasteiger partial charge in [-0.1, -0.05) is 18.2 Å². The number of hydrogen-bond donors (Lipinski definition) is 1. The van der Waals surface area contributed by atoms with Crippen LogP contribution in [-0.2, 0) is 0 Å². The number of carbonyl (C=O) groups is 1. The molecule has 1 aliphatic rings. The molecule has 2 aromatic carbocycles. The summed E-state index contributed by atoms with van der Waals surface area (Å²) in [6.45, 7) is 6.12. The molecule has 2 aromatic rings. The van der Waals surface area contributed by atoms with Crippen molar-refractivity contribution in [1.82, 2.24) is 4.90 Å². The highest BCUT2D eigenvalue weighted by atomic mass is 19.2. The molecule has 1 saturated heterocycles. The molecule has 132 valence electrons. The van der Waals surface area contributed by atoms with Gasteiger partial charge in [-0.15, -0.1) is 0 Å². The molecule has 25 heavy (non-hydrogen) atoms. The number of carbonyl (C=O) groups excluding carboxylic acids is 1. The highest BCUT2D eigenvalue weighted by molar-refractivity contribution is 5.91. The molecule has 3 rings (SSSR count). The number of anilines is 2. The minimum absolute atomic E-state index is 0.137. The standard InChI is InChI=1S/C19H21F2N3O/c1-13-4-3-5-14(2)18(13)22-19(25)24-10-8-23(9-11-24)15-6-7-16(20)17(21)12-15/h3-7,12H,8-11H2,1-2H3,(H,22,25). The highest BCUT2D eigenvalue weighted by Gasteiger charge is 2.22. The number of amides is 2. The van der Waals surface area contributed by atoms with E-state index in [9.17, 15) is 13.6 Å². The third kappa shape index (κ3) is 3.73. The molecule has 1 aliphatic heterocycles. The Balaban J connectivity index is 1.62. The van der Waals surface area contributed by atoms with Gasteiger partial charge < -0.3 is 15.1 Å². The largest absolute Gasteiger partial charge is 0.368 e. The summed E-state index contributed by atoms with van der Waals surface area (Å²) >= 11 is 0. The zero-order valence-corrected chi connectivity index (χ0v) is 14.4. The van der Waals surface area contributed by atoms with Gasteiger partial charge in [-0.3, -0.25) is 0 Å². The third-order valence-corrected chi connectivity index (χ3v) is 4.55. The molecule has 1 heterocycles. The first-order valence-electron chi connectivity index (χ1n) is 8.28. The summed E-state index contributed by atoms with van der Waals surface area (Å²) in [5, 5.41) is 2.98. The fraction of sp³-hybridized carbons (Fsp3) is 0.316. The second kappa shape index (κ2) is 7.09. The fourth-order valence-corrected chi connectivity index (χ4v) is 3.05. The lowest BCUT2D eigenvalue weighted by Gasteiger charge is -2.36. The number of para-hydroxylation sites is 1. The van der Waals surface area contributed by atoms with Gasteiger partial charge >= 0.3 is 6.03 Å². The first-order chi connectivity index (χ1) is 12.0. The molecule has 2 amide bonds. The maximum absolute atomic E-state index is 13.4. The van der Waals surface area contributed by atoms with E-state index < -0.39 is 11.6 Å². The van der Waals surface area contributed by atoms with Crippen LogP contribution in [0.15, 0.2) is 36.4 Å². The average Bonchev–Trinajstić information content (AvgIpc) is 2.61. The van der Waals surface area contributed by atoms with Crippen LogP contribution in [0, 0.1) is 25.5 Å². The predicted molar refractivity (Wildman–Crippen MR) is 95.1 cm³/mol. The van der Waals surface area contributed by atoms with Crippen molar-refractivity contribution in [3.8, 4) is 0 Å². The fourth-order valence-electron chi connectivity index (χ4n) is 3.05. The van der Waals surface area contributed by atoms with E-state index in [1.165, 1.54) is 6.07 Å². The van der Waals surface area contributed by atoms with Gasteiger partial charge in [0.1, 0.15) is 0 Å². The van der Waals surface area contributed by atoms with Gasteiger partial charge in [0, 0.05) is 43.6 Å². The SMILES string of the molecule is Cc1cccc(C)c1NC(=O)N1CCN(c2ccc(F)c(F)c2)CC1. The van der Waals surface area contributed by atoms with Crippen LogP contribution in [0.5, 0.6) is 0 Å². The van der Waals surface area contributed by atoms with Crippen molar-refractivity contribution in [2.24, 2.45) is 0 Å². The minimum atomic E-state index is -0.854. The van der Waals surface area contributed by atoms with Gasteiger partial charge in [0.05, 0.1) is 0 Å². The third-order valence-electron chi connectivity index (χ3n) is 4.55. The van der Waals surface area contributed by atoms with Crippen LogP contribution in [0.3, 0.4) is 0 Å². The number of urea groups is 1. The summed E-state index contributed by atoms with van der Waals surface area (Å²) in [6.07, 6.45) is 0. The quantitative estimate of drug-likeness (QED) is 0.895. The summed E-state index contributed by atoms with van der Waals surface area (Å²) in [7, 11) is 0. The summed E-state index contributed by atoms with van der Waals surface area (Å²) in [5.41, 5.74) is 3.52. The Morgan fingerprint density at radius 1 is 0.960 bits per heavy atom. The second-order valence-corrected chi connectivity index (χ2v) is 6.27. The van der Waals surface area contributed by atoms with Gasteiger partial charge in [0.2, 0.25) is 0 Å². The van der Waals surface area contributed by atoms with Crippen LogP contribution in [0.25, 0.3) is 0 Å². The molecule has 0 bridgehead atoms. The molecule has 0 radical (unpaired) electrons. The van der Waals surface area contributed by atoms with Crippen molar-refractivity contribution in [3.05, 3.63) is 59.2 Å². The lowest BCUT2D eigenvalue weighted by Crippen LogP contribution is -2.50. The molecular formula is C19H21F2N3O. The van der Waals surface area contributed by atoms with E-state index in [1.807, 2.05) is 36.9 Å². The average molecular weight is 345 g/mol. The van der Waals surface area contributed by atoms with E-state index in [-0.39, 0.29) is 6.03 Å². The van der Waals surface area contributed by atoms with Crippen molar-refractivity contribution in [2.75, 3.05) is 36.4 Å². The van der Waals surface area contributed by atoms with E-state index in [4.69, 9.17) is 0 Å². The second-order valence-electron chi connectivity index (χ2n) is 6.27. The van der Waals surface area contributed by atoms with Crippen molar-refractivity contribution in [1.29, 1.82) is 0 Å². The van der Waals surface area contributed by atoms with Crippen molar-refractivity contribution >= 4 is 17.4 Å². The number of halogens is 2. The van der Waals surface area contributed by atoms with E-state index in [1.54, 1.807) is 11.0 Å². The molecular weight excluding hydrogens is 324 g/mol. The number of aryl methyl sites for hydroxylation is 2. The Kier molecular flexibility index (Phi) is 4.88. The van der Waals surface area contributed by atoms with Gasteiger partial charge in [-0.2, -0.15) is 0 Å². The van der Waals surface area contributed by atoms with Crippen molar-refractivity contribution in [2.45, 2.75) is 13.8 Å². The van der Waals surface area contributed by atoms with Crippen LogP contribution >= 0.6 is 0 Å². The van der Waals surface area contributed by atoms with Gasteiger partial charge in [0.15, 0.2) is 11.6 Å². The first kappa shape index (κ1) is 17.2. The van der Waals surface area contributed by atoms with Crippen LogP contribution in [-0.4, -0.2) is 37.1 Å². The Bertz CT molecular complexity index is 766. The van der Waals surface area contributed by atoms with Crippen molar-refractivity contribution in [3.63, 3.8) is 0 Å². The zero-order chi connectivity index (χ0) is 18.0. The molecule has 1 N–H and O–H groups in total. The number of hydrogen-bond acceptors (Lipinski definition) is 2. The van der Waals surface area contributed by atoms with Crippen LogP contribution in [0.1, 0.15) is 11.1 Å². The molecule has 4 nitrogen and oxygen atoms in total. The van der Waals surface area contributed by atoms with Gasteiger partial charge in [-0.25, -0.2) is 13.6 Å². The van der Waals surface area contributed by atoms with E-state index in [0.29, 0.717) is 31.9 Å². The Morgan fingerprint density at radius 3 is 2.20 bits per heavy atom. The van der Waals surface area contributed by atoms with E-state index in [0.717, 1.165) is 22.9 Å². The molecule has 1 fully saturated rings. The van der Waals surface area contributed by atoms with Crippen LogP contribution in [0.2, 0.25) is 0 Å². The molecule has 0 aromatic heterocycles. The normalized spacial score (nSPS) is 14.6. The number of nitrogens with zero attached hydrogens (tertiary/aromatic N) is 2.